The van der Waals surface area contributed by atoms with Crippen LogP contribution in [-0.2, 0) is 4.79 Å². The molecule has 11 heavy (non-hydrogen) atoms. The van der Waals surface area contributed by atoms with Gasteiger partial charge in [0.05, 0.1) is 0 Å². The molecule has 0 N–H and O–H groups in total. The van der Waals surface area contributed by atoms with E-state index in [0.717, 1.165) is 24.5 Å². The summed E-state index contributed by atoms with van der Waals surface area (Å²) in [6.07, 6.45) is 0.781. The zero-order chi connectivity index (χ0) is 8.27. The molecule has 0 unspecified atom stereocenters. The molecule has 0 amide bonds. The Hall–Kier alpha value is -0.0200. The van der Waals surface area contributed by atoms with Crippen molar-refractivity contribution >= 4 is 17.5 Å². The van der Waals surface area contributed by atoms with Crippen molar-refractivity contribution in [3.8, 4) is 0 Å². The van der Waals surface area contributed by atoms with Crippen molar-refractivity contribution in [3.63, 3.8) is 0 Å². The minimum atomic E-state index is 0.295. The van der Waals surface area contributed by atoms with E-state index in [0.29, 0.717) is 11.7 Å². The van der Waals surface area contributed by atoms with Crippen molar-refractivity contribution in [2.75, 3.05) is 32.1 Å². The lowest BCUT2D eigenvalue weighted by Crippen LogP contribution is -2.32. The Morgan fingerprint density at radius 1 is 1.64 bits per heavy atom. The minimum Gasteiger partial charge on any atom is -0.309 e. The van der Waals surface area contributed by atoms with Crippen LogP contribution in [0.25, 0.3) is 0 Å². The van der Waals surface area contributed by atoms with Crippen LogP contribution in [0.1, 0.15) is 6.42 Å². The largest absolute Gasteiger partial charge is 0.309 e. The van der Waals surface area contributed by atoms with Crippen LogP contribution in [0.4, 0.5) is 0 Å². The third kappa shape index (κ3) is 2.83. The zero-order valence-corrected chi connectivity index (χ0v) is 7.99. The molecule has 2 nitrogen and oxygen atoms in total. The van der Waals surface area contributed by atoms with Gasteiger partial charge in [-0.25, -0.2) is 0 Å². The Labute approximate surface area is 72.3 Å². The highest BCUT2D eigenvalue weighted by Gasteiger charge is 2.22. The fraction of sp³-hybridized carbons (Fsp3) is 0.875. The van der Waals surface area contributed by atoms with Gasteiger partial charge in [0.25, 0.3) is 0 Å². The molecular formula is C8H15NOS. The van der Waals surface area contributed by atoms with E-state index in [1.54, 1.807) is 0 Å². The predicted molar refractivity (Wildman–Crippen MR) is 49.0 cm³/mol. The first-order valence-corrected chi connectivity index (χ1v) is 5.11. The lowest BCUT2D eigenvalue weighted by atomic mass is 10.0. The van der Waals surface area contributed by atoms with Gasteiger partial charge in [-0.15, -0.1) is 0 Å². The maximum absolute atomic E-state index is 11.3. The molecule has 1 fully saturated rings. The number of hydrogen-bond acceptors (Lipinski definition) is 3. The standard InChI is InChI=1S/C8H15NOS/c1-9(2)5-7-6-11-4-3-8(7)10/h7H,3-6H2,1-2H3/t7-/m1/s1. The van der Waals surface area contributed by atoms with Crippen LogP contribution in [0.3, 0.4) is 0 Å². The number of hydrogen-bond donors (Lipinski definition) is 0. The van der Waals surface area contributed by atoms with E-state index in [4.69, 9.17) is 0 Å². The summed E-state index contributed by atoms with van der Waals surface area (Å²) in [4.78, 5) is 13.4. The molecule has 0 aliphatic carbocycles. The Morgan fingerprint density at radius 3 is 2.91 bits per heavy atom. The fourth-order valence-corrected chi connectivity index (χ4v) is 2.38. The van der Waals surface area contributed by atoms with Crippen molar-refractivity contribution < 1.29 is 4.79 Å². The van der Waals surface area contributed by atoms with E-state index in [2.05, 4.69) is 4.90 Å². The lowest BCUT2D eigenvalue weighted by molar-refractivity contribution is -0.122. The van der Waals surface area contributed by atoms with Crippen LogP contribution in [-0.4, -0.2) is 42.8 Å². The highest BCUT2D eigenvalue weighted by Crippen LogP contribution is 2.19. The smallest absolute Gasteiger partial charge is 0.138 e. The monoisotopic (exact) mass is 173 g/mol. The van der Waals surface area contributed by atoms with Crippen molar-refractivity contribution in [1.29, 1.82) is 0 Å². The molecule has 1 aliphatic heterocycles. The number of thioether (sulfide) groups is 1. The summed E-state index contributed by atoms with van der Waals surface area (Å²) in [7, 11) is 4.04. The highest BCUT2D eigenvalue weighted by molar-refractivity contribution is 7.99. The zero-order valence-electron chi connectivity index (χ0n) is 7.17. The molecule has 1 aliphatic rings. The van der Waals surface area contributed by atoms with E-state index in [1.165, 1.54) is 0 Å². The third-order valence-electron chi connectivity index (χ3n) is 1.85. The fourth-order valence-electron chi connectivity index (χ4n) is 1.29. The highest BCUT2D eigenvalue weighted by atomic mass is 32.2. The van der Waals surface area contributed by atoms with Crippen LogP contribution < -0.4 is 0 Å². The molecule has 1 rings (SSSR count). The molecule has 0 aromatic heterocycles. The molecule has 1 saturated heterocycles. The molecule has 0 spiro atoms. The summed E-state index contributed by atoms with van der Waals surface area (Å²) < 4.78 is 0. The Kier molecular flexibility index (Phi) is 3.40. The van der Waals surface area contributed by atoms with Gasteiger partial charge in [-0.3, -0.25) is 4.79 Å². The number of nitrogens with zero attached hydrogens (tertiary/aromatic N) is 1. The first kappa shape index (κ1) is 9.07. The molecule has 0 radical (unpaired) electrons. The molecule has 0 aromatic rings. The van der Waals surface area contributed by atoms with Crippen molar-refractivity contribution in [3.05, 3.63) is 0 Å². The van der Waals surface area contributed by atoms with Crippen LogP contribution in [0.5, 0.6) is 0 Å². The number of carbonyl (C=O) groups is 1. The summed E-state index contributed by atoms with van der Waals surface area (Å²) >= 11 is 1.90. The molecule has 0 bridgehead atoms. The van der Waals surface area contributed by atoms with Gasteiger partial charge in [0, 0.05) is 30.4 Å². The van der Waals surface area contributed by atoms with Gasteiger partial charge in [0.2, 0.25) is 0 Å². The van der Waals surface area contributed by atoms with Crippen LogP contribution in [0.2, 0.25) is 0 Å². The number of ketones is 1. The van der Waals surface area contributed by atoms with Gasteiger partial charge < -0.3 is 4.90 Å². The predicted octanol–water partition coefficient (Wildman–Crippen LogP) is 0.870. The second-order valence-corrected chi connectivity index (χ2v) is 4.40. The SMILES string of the molecule is CN(C)C[C@@H]1CSCCC1=O. The second-order valence-electron chi connectivity index (χ2n) is 3.25. The van der Waals surface area contributed by atoms with Gasteiger partial charge in [-0.2, -0.15) is 11.8 Å². The summed E-state index contributed by atoms with van der Waals surface area (Å²) in [5.41, 5.74) is 0. The van der Waals surface area contributed by atoms with E-state index in [-0.39, 0.29) is 0 Å². The van der Waals surface area contributed by atoms with Crippen LogP contribution in [0.15, 0.2) is 0 Å². The van der Waals surface area contributed by atoms with E-state index in [1.807, 2.05) is 25.9 Å². The quantitative estimate of drug-likeness (QED) is 0.618. The van der Waals surface area contributed by atoms with Crippen LogP contribution in [0, 0.1) is 5.92 Å². The number of carbonyl (C=O) groups excluding carboxylic acids is 1. The topological polar surface area (TPSA) is 20.3 Å². The number of rotatable bonds is 2. The summed E-state index contributed by atoms with van der Waals surface area (Å²) in [6, 6.07) is 0. The molecule has 1 heterocycles. The van der Waals surface area contributed by atoms with Gasteiger partial charge >= 0.3 is 0 Å². The average molecular weight is 173 g/mol. The normalized spacial score (nSPS) is 26.1. The molecule has 0 aromatic carbocycles. The average Bonchev–Trinajstić information content (AvgIpc) is 1.93. The van der Waals surface area contributed by atoms with Crippen LogP contribution >= 0.6 is 11.8 Å². The molecule has 1 atom stereocenters. The maximum Gasteiger partial charge on any atom is 0.138 e. The summed E-state index contributed by atoms with van der Waals surface area (Å²) in [5.74, 6) is 2.81. The lowest BCUT2D eigenvalue weighted by Gasteiger charge is -2.22. The molecule has 3 heteroatoms. The van der Waals surface area contributed by atoms with Crippen molar-refractivity contribution in [2.45, 2.75) is 6.42 Å². The maximum atomic E-state index is 11.3. The first-order valence-electron chi connectivity index (χ1n) is 3.95. The summed E-state index contributed by atoms with van der Waals surface area (Å²) in [5, 5.41) is 0. The molecular weight excluding hydrogens is 158 g/mol. The molecule has 0 saturated carbocycles. The third-order valence-corrected chi connectivity index (χ3v) is 2.98. The second kappa shape index (κ2) is 4.12. The summed E-state index contributed by atoms with van der Waals surface area (Å²) in [6.45, 7) is 0.922. The van der Waals surface area contributed by atoms with E-state index >= 15 is 0 Å². The van der Waals surface area contributed by atoms with Gasteiger partial charge in [0.15, 0.2) is 0 Å². The van der Waals surface area contributed by atoms with Gasteiger partial charge in [0.1, 0.15) is 5.78 Å². The van der Waals surface area contributed by atoms with Gasteiger partial charge in [-0.05, 0) is 14.1 Å². The van der Waals surface area contributed by atoms with E-state index in [9.17, 15) is 4.79 Å². The first-order chi connectivity index (χ1) is 5.20. The molecule has 64 valence electrons. The number of Topliss-reactive ketones (excluding diaryl/α,β-unsaturated/α-hetero) is 1. The Morgan fingerprint density at radius 2 is 2.36 bits per heavy atom. The Balaban J connectivity index is 2.36. The van der Waals surface area contributed by atoms with Gasteiger partial charge in [-0.1, -0.05) is 0 Å². The minimum absolute atomic E-state index is 0.295. The van der Waals surface area contributed by atoms with E-state index < -0.39 is 0 Å². The Bertz CT molecular complexity index is 147. The van der Waals surface area contributed by atoms with Crippen molar-refractivity contribution in [2.24, 2.45) is 5.92 Å². The van der Waals surface area contributed by atoms with Crippen molar-refractivity contribution in [1.82, 2.24) is 4.90 Å².